The Kier molecular flexibility index (Phi) is 18.4. The summed E-state index contributed by atoms with van der Waals surface area (Å²) in [6, 6.07) is 0. The average Bonchev–Trinajstić information content (AvgIpc) is 2.25. The summed E-state index contributed by atoms with van der Waals surface area (Å²) in [4.78, 5) is 67.1. The maximum Gasteiger partial charge on any atom is 0.485 e. The summed E-state index contributed by atoms with van der Waals surface area (Å²) in [5.41, 5.74) is 0. The molecule has 23 heavy (non-hydrogen) atoms. The van der Waals surface area contributed by atoms with Gasteiger partial charge in [-0.1, -0.05) is 0 Å². The lowest BCUT2D eigenvalue weighted by atomic mass is 13.6. The van der Waals surface area contributed by atoms with Gasteiger partial charge < -0.3 is 44.0 Å². The van der Waals surface area contributed by atoms with E-state index in [0.29, 0.717) is 0 Å². The molecule has 0 atom stereocenters. The minimum absolute atomic E-state index is 3.10. The Balaban J connectivity index is -0.000000105. The first kappa shape index (κ1) is 31.1. The standard InChI is InChI=1S/3H4NO4P.H3O4P/c3*1-5-6(2,3)4;1-5(2,3)4/h3*1H2,(H2,2,3,4);(H3,1,2,3,4). The monoisotopic (exact) mass is 437 g/mol. The number of nitrogens with two attached hydrogens (primary N) is 3. The Morgan fingerprint density at radius 2 is 0.522 bits per heavy atom. The fraction of sp³-hybridized carbons (Fsp3) is 0. The van der Waals surface area contributed by atoms with E-state index in [1.807, 2.05) is 0 Å². The molecule has 0 aromatic heterocycles. The molecule has 0 fully saturated rings. The van der Waals surface area contributed by atoms with E-state index in [2.05, 4.69) is 31.6 Å². The van der Waals surface area contributed by atoms with Crippen LogP contribution in [-0.2, 0) is 32.1 Å². The van der Waals surface area contributed by atoms with Gasteiger partial charge in [0, 0.05) is 0 Å². The summed E-state index contributed by atoms with van der Waals surface area (Å²) in [7, 11) is -17.7. The zero-order valence-corrected chi connectivity index (χ0v) is 14.0. The Bertz CT molecular complexity index is 385. The van der Waals surface area contributed by atoms with Gasteiger partial charge in [0.15, 0.2) is 0 Å². The maximum absolute atomic E-state index is 9.35. The smallest absolute Gasteiger partial charge is 0.303 e. The quantitative estimate of drug-likeness (QED) is 0.148. The minimum Gasteiger partial charge on any atom is -0.303 e. The highest BCUT2D eigenvalue weighted by molar-refractivity contribution is 7.46. The molecule has 0 amide bonds. The van der Waals surface area contributed by atoms with Crippen LogP contribution in [0, 0.1) is 0 Å². The average molecular weight is 437 g/mol. The third-order valence-corrected chi connectivity index (χ3v) is 1.24. The van der Waals surface area contributed by atoms with Crippen molar-refractivity contribution in [1.82, 2.24) is 0 Å². The van der Waals surface area contributed by atoms with E-state index < -0.39 is 31.3 Å². The van der Waals surface area contributed by atoms with E-state index in [4.69, 9.17) is 48.6 Å². The fourth-order valence-corrected chi connectivity index (χ4v) is 0. The Hall–Kier alpha value is 0.320. The molecule has 0 heterocycles. The van der Waals surface area contributed by atoms with Crippen LogP contribution in [0.4, 0.5) is 0 Å². The number of hydrogen-bond donors (Lipinski definition) is 12. The van der Waals surface area contributed by atoms with E-state index in [9.17, 15) is 13.7 Å². The van der Waals surface area contributed by atoms with Gasteiger partial charge in [0.2, 0.25) is 0 Å². The van der Waals surface area contributed by atoms with Crippen LogP contribution in [0.1, 0.15) is 0 Å². The lowest BCUT2D eigenvalue weighted by molar-refractivity contribution is 0.199. The first-order chi connectivity index (χ1) is 9.68. The summed E-state index contributed by atoms with van der Waals surface area (Å²) >= 11 is 0. The third-order valence-electron chi connectivity index (χ3n) is 0.412. The zero-order valence-electron chi connectivity index (χ0n) is 10.4. The van der Waals surface area contributed by atoms with E-state index in [1.54, 1.807) is 0 Å². The van der Waals surface area contributed by atoms with Crippen LogP contribution in [0.15, 0.2) is 0 Å². The van der Waals surface area contributed by atoms with Gasteiger partial charge in [-0.3, -0.25) is 0 Å². The molecule has 0 saturated carbocycles. The summed E-state index contributed by atoms with van der Waals surface area (Å²) < 4.78 is 46.2. The molecule has 0 unspecified atom stereocenters. The second kappa shape index (κ2) is 13.6. The van der Waals surface area contributed by atoms with Crippen LogP contribution in [0.5, 0.6) is 0 Å². The van der Waals surface area contributed by atoms with Crippen molar-refractivity contribution >= 4 is 31.3 Å². The van der Waals surface area contributed by atoms with Crippen molar-refractivity contribution in [2.24, 2.45) is 17.7 Å². The summed E-state index contributed by atoms with van der Waals surface area (Å²) in [5.74, 6) is 12.1. The van der Waals surface area contributed by atoms with Crippen molar-refractivity contribution in [3.63, 3.8) is 0 Å². The molecule has 0 aliphatic heterocycles. The highest BCUT2D eigenvalue weighted by Gasteiger charge is 2.09. The van der Waals surface area contributed by atoms with Crippen molar-refractivity contribution in [3.05, 3.63) is 0 Å². The second-order valence-corrected chi connectivity index (χ2v) is 6.90. The minimum atomic E-state index is -4.64. The third kappa shape index (κ3) is 106. The van der Waals surface area contributed by atoms with Crippen LogP contribution >= 0.6 is 31.3 Å². The van der Waals surface area contributed by atoms with Crippen LogP contribution in [0.2, 0.25) is 0 Å². The topological polar surface area (TPSA) is 356 Å². The highest BCUT2D eigenvalue weighted by Crippen LogP contribution is 2.33. The number of rotatable bonds is 3. The van der Waals surface area contributed by atoms with Gasteiger partial charge in [0.25, 0.3) is 0 Å². The second-order valence-electron chi connectivity index (χ2n) is 2.30. The summed E-state index contributed by atoms with van der Waals surface area (Å²) in [6.07, 6.45) is 0. The molecule has 0 saturated heterocycles. The zero-order chi connectivity index (χ0) is 20.1. The maximum atomic E-state index is 9.35. The summed E-state index contributed by atoms with van der Waals surface area (Å²) in [6.45, 7) is 0. The van der Waals surface area contributed by atoms with E-state index in [1.165, 1.54) is 0 Å². The number of phosphoric acid groups is 4. The molecule has 19 nitrogen and oxygen atoms in total. The molecule has 23 heteroatoms. The van der Waals surface area contributed by atoms with Gasteiger partial charge in [0.1, 0.15) is 0 Å². The van der Waals surface area contributed by atoms with Gasteiger partial charge in [-0.15, -0.1) is 0 Å². The van der Waals surface area contributed by atoms with Crippen molar-refractivity contribution < 1.29 is 76.2 Å². The van der Waals surface area contributed by atoms with E-state index in [0.717, 1.165) is 0 Å². The van der Waals surface area contributed by atoms with Crippen molar-refractivity contribution in [1.29, 1.82) is 0 Å². The van der Waals surface area contributed by atoms with E-state index >= 15 is 0 Å². The molecule has 0 aliphatic rings. The van der Waals surface area contributed by atoms with Gasteiger partial charge in [0.05, 0.1) is 0 Å². The van der Waals surface area contributed by atoms with Gasteiger partial charge in [-0.25, -0.2) is 49.8 Å². The van der Waals surface area contributed by atoms with Gasteiger partial charge in [-0.05, 0) is 0 Å². The van der Waals surface area contributed by atoms with Crippen molar-refractivity contribution in [2.75, 3.05) is 0 Å². The lowest BCUT2D eigenvalue weighted by Gasteiger charge is -1.92. The van der Waals surface area contributed by atoms with Crippen LogP contribution in [0.3, 0.4) is 0 Å². The van der Waals surface area contributed by atoms with Crippen molar-refractivity contribution in [2.45, 2.75) is 0 Å². The first-order valence-electron chi connectivity index (χ1n) is 3.79. The first-order valence-corrected chi connectivity index (χ1v) is 9.94. The molecule has 0 spiro atoms. The lowest BCUT2D eigenvalue weighted by Crippen LogP contribution is -1.93. The largest absolute Gasteiger partial charge is 0.485 e. The Labute approximate surface area is 126 Å². The molecule has 0 aromatic carbocycles. The Morgan fingerprint density at radius 1 is 0.478 bits per heavy atom. The van der Waals surface area contributed by atoms with Crippen LogP contribution in [0.25, 0.3) is 0 Å². The molecular weight excluding hydrogens is 422 g/mol. The Morgan fingerprint density at radius 3 is 0.522 bits per heavy atom. The molecule has 0 bridgehead atoms. The number of hydrogen-bond acceptors (Lipinski definition) is 10. The molecule has 146 valence electrons. The molecule has 0 radical (unpaired) electrons. The van der Waals surface area contributed by atoms with Crippen LogP contribution in [-0.4, -0.2) is 44.0 Å². The fourth-order valence-electron chi connectivity index (χ4n) is 0. The highest BCUT2D eigenvalue weighted by atomic mass is 31.2. The molecule has 0 rings (SSSR count). The van der Waals surface area contributed by atoms with E-state index in [-0.39, 0.29) is 0 Å². The van der Waals surface area contributed by atoms with Gasteiger partial charge in [-0.2, -0.15) is 0 Å². The summed E-state index contributed by atoms with van der Waals surface area (Å²) in [5, 5.41) is 0. The predicted octanol–water partition coefficient (Wildman–Crippen LogP) is -4.02. The van der Waals surface area contributed by atoms with Crippen molar-refractivity contribution in [3.8, 4) is 0 Å². The molecule has 0 aromatic rings. The molecule has 15 N–H and O–H groups in total. The molecule has 0 aliphatic carbocycles. The predicted molar refractivity (Wildman–Crippen MR) is 66.2 cm³/mol. The normalized spacial score (nSPS) is 11.8. The molecular formula is H15N3O16P4. The van der Waals surface area contributed by atoms with Crippen LogP contribution < -0.4 is 17.7 Å². The SMILES string of the molecule is NOP(=O)(O)O.NOP(=O)(O)O.NOP(=O)(O)O.O=P(O)(O)O. The van der Waals surface area contributed by atoms with Gasteiger partial charge >= 0.3 is 31.3 Å².